The van der Waals surface area contributed by atoms with E-state index in [2.05, 4.69) is 21.4 Å². The van der Waals surface area contributed by atoms with Crippen LogP contribution in [-0.4, -0.2) is 40.1 Å². The smallest absolute Gasteiger partial charge is 0.109 e. The number of aromatic nitrogens is 2. The van der Waals surface area contributed by atoms with Crippen LogP contribution in [0.5, 0.6) is 0 Å². The van der Waals surface area contributed by atoms with Crippen molar-refractivity contribution in [3.8, 4) is 0 Å². The Morgan fingerprint density at radius 2 is 2.38 bits per heavy atom. The molecule has 1 aliphatic rings. The summed E-state index contributed by atoms with van der Waals surface area (Å²) in [6.45, 7) is 5.54. The minimum absolute atomic E-state index is 0.343. The normalized spacial score (nSPS) is 27.2. The number of hydrogen-bond acceptors (Lipinski definition) is 3. The van der Waals surface area contributed by atoms with Crippen molar-refractivity contribution in [2.75, 3.05) is 19.6 Å². The molecule has 1 aromatic heterocycles. The van der Waals surface area contributed by atoms with E-state index in [0.29, 0.717) is 12.0 Å². The summed E-state index contributed by atoms with van der Waals surface area (Å²) >= 11 is 0. The Bertz CT molecular complexity index is 334. The number of aryl methyl sites for hydroxylation is 1. The van der Waals surface area contributed by atoms with Gasteiger partial charge in [0, 0.05) is 45.0 Å². The van der Waals surface area contributed by atoms with Crippen molar-refractivity contribution in [2.45, 2.75) is 25.8 Å². The van der Waals surface area contributed by atoms with Crippen LogP contribution in [-0.2, 0) is 13.5 Å². The molecule has 1 aliphatic heterocycles. The summed E-state index contributed by atoms with van der Waals surface area (Å²) in [5, 5.41) is 0. The van der Waals surface area contributed by atoms with Gasteiger partial charge in [0.25, 0.3) is 0 Å². The highest BCUT2D eigenvalue weighted by molar-refractivity contribution is 4.92. The van der Waals surface area contributed by atoms with Gasteiger partial charge in [-0.05, 0) is 18.9 Å². The van der Waals surface area contributed by atoms with Crippen molar-refractivity contribution in [3.05, 3.63) is 18.2 Å². The van der Waals surface area contributed by atoms with Gasteiger partial charge in [0.1, 0.15) is 5.82 Å². The minimum Gasteiger partial charge on any atom is -0.338 e. The first-order valence-electron chi connectivity index (χ1n) is 6.11. The number of piperidine rings is 1. The van der Waals surface area contributed by atoms with Gasteiger partial charge in [-0.1, -0.05) is 6.92 Å². The van der Waals surface area contributed by atoms with Crippen LogP contribution in [0.3, 0.4) is 0 Å². The second-order valence-corrected chi connectivity index (χ2v) is 4.93. The van der Waals surface area contributed by atoms with Gasteiger partial charge in [0.15, 0.2) is 0 Å². The maximum atomic E-state index is 6.09. The molecule has 1 fully saturated rings. The fourth-order valence-electron chi connectivity index (χ4n) is 2.27. The lowest BCUT2D eigenvalue weighted by molar-refractivity contribution is 0.169. The maximum absolute atomic E-state index is 6.09. The first-order valence-corrected chi connectivity index (χ1v) is 6.11. The van der Waals surface area contributed by atoms with Crippen molar-refractivity contribution in [3.63, 3.8) is 0 Å². The molecule has 0 spiro atoms. The van der Waals surface area contributed by atoms with E-state index >= 15 is 0 Å². The van der Waals surface area contributed by atoms with E-state index in [9.17, 15) is 0 Å². The van der Waals surface area contributed by atoms with Crippen LogP contribution < -0.4 is 5.73 Å². The Hall–Kier alpha value is -0.870. The monoisotopic (exact) mass is 222 g/mol. The number of imidazole rings is 1. The largest absolute Gasteiger partial charge is 0.338 e. The number of rotatable bonds is 3. The van der Waals surface area contributed by atoms with E-state index in [4.69, 9.17) is 5.73 Å². The number of nitrogens with zero attached hydrogens (tertiary/aromatic N) is 3. The summed E-state index contributed by atoms with van der Waals surface area (Å²) in [5.41, 5.74) is 6.09. The molecule has 0 radical (unpaired) electrons. The average Bonchev–Trinajstić information content (AvgIpc) is 2.66. The highest BCUT2D eigenvalue weighted by Crippen LogP contribution is 2.15. The Balaban J connectivity index is 1.81. The molecule has 0 saturated carbocycles. The van der Waals surface area contributed by atoms with Crippen molar-refractivity contribution >= 4 is 0 Å². The molecule has 1 saturated heterocycles. The molecule has 2 N–H and O–H groups in total. The lowest BCUT2D eigenvalue weighted by atomic mass is 9.94. The molecule has 0 amide bonds. The summed E-state index contributed by atoms with van der Waals surface area (Å²) in [6.07, 6.45) is 6.10. The molecule has 4 heteroatoms. The summed E-state index contributed by atoms with van der Waals surface area (Å²) in [5.74, 6) is 1.83. The number of nitrogens with two attached hydrogens (primary N) is 1. The van der Waals surface area contributed by atoms with E-state index in [-0.39, 0.29) is 0 Å². The second-order valence-electron chi connectivity index (χ2n) is 4.93. The number of likely N-dealkylation sites (tertiary alicyclic amines) is 1. The molecule has 2 unspecified atom stereocenters. The molecule has 2 heterocycles. The summed E-state index contributed by atoms with van der Waals surface area (Å²) in [6, 6.07) is 0.343. The van der Waals surface area contributed by atoms with E-state index in [1.165, 1.54) is 13.0 Å². The molecule has 0 aromatic carbocycles. The summed E-state index contributed by atoms with van der Waals surface area (Å²) < 4.78 is 2.09. The molecular formula is C12H22N4. The van der Waals surface area contributed by atoms with E-state index in [1.54, 1.807) is 0 Å². The van der Waals surface area contributed by atoms with Crippen molar-refractivity contribution in [1.82, 2.24) is 14.5 Å². The Kier molecular flexibility index (Phi) is 3.61. The number of hydrogen-bond donors (Lipinski definition) is 1. The van der Waals surface area contributed by atoms with Gasteiger partial charge in [-0.15, -0.1) is 0 Å². The van der Waals surface area contributed by atoms with Gasteiger partial charge < -0.3 is 15.2 Å². The first-order chi connectivity index (χ1) is 7.66. The SMILES string of the molecule is CC1CCN(CCc2nccn2C)CC1N. The predicted molar refractivity (Wildman–Crippen MR) is 65.1 cm³/mol. The third kappa shape index (κ3) is 2.62. The first kappa shape index (κ1) is 11.6. The molecule has 4 nitrogen and oxygen atoms in total. The maximum Gasteiger partial charge on any atom is 0.109 e. The standard InChI is InChI=1S/C12H22N4/c1-10-3-6-16(9-11(10)13)7-4-12-14-5-8-15(12)2/h5,8,10-11H,3-4,6-7,9,13H2,1-2H3. The van der Waals surface area contributed by atoms with E-state index < -0.39 is 0 Å². The molecule has 90 valence electrons. The van der Waals surface area contributed by atoms with E-state index in [0.717, 1.165) is 25.3 Å². The topological polar surface area (TPSA) is 47.1 Å². The van der Waals surface area contributed by atoms with Gasteiger partial charge in [-0.25, -0.2) is 4.98 Å². The molecule has 2 rings (SSSR count). The summed E-state index contributed by atoms with van der Waals surface area (Å²) in [4.78, 5) is 6.80. The predicted octanol–water partition coefficient (Wildman–Crippen LogP) is 0.632. The molecule has 16 heavy (non-hydrogen) atoms. The van der Waals surface area contributed by atoms with Crippen molar-refractivity contribution in [2.24, 2.45) is 18.7 Å². The fourth-order valence-corrected chi connectivity index (χ4v) is 2.27. The van der Waals surface area contributed by atoms with E-state index in [1.807, 2.05) is 19.4 Å². The molecule has 0 aliphatic carbocycles. The van der Waals surface area contributed by atoms with Gasteiger partial charge in [0.2, 0.25) is 0 Å². The van der Waals surface area contributed by atoms with Crippen molar-refractivity contribution < 1.29 is 0 Å². The molecule has 0 bridgehead atoms. The lowest BCUT2D eigenvalue weighted by Crippen LogP contribution is -2.48. The zero-order chi connectivity index (χ0) is 11.5. The molecular weight excluding hydrogens is 200 g/mol. The van der Waals surface area contributed by atoms with Gasteiger partial charge in [-0.3, -0.25) is 0 Å². The summed E-state index contributed by atoms with van der Waals surface area (Å²) in [7, 11) is 2.05. The molecule has 1 aromatic rings. The van der Waals surface area contributed by atoms with Crippen LogP contribution in [0.25, 0.3) is 0 Å². The van der Waals surface area contributed by atoms with Gasteiger partial charge in [-0.2, -0.15) is 0 Å². The molecule has 2 atom stereocenters. The zero-order valence-corrected chi connectivity index (χ0v) is 10.3. The van der Waals surface area contributed by atoms with Crippen LogP contribution in [0.15, 0.2) is 12.4 Å². The van der Waals surface area contributed by atoms with Crippen LogP contribution in [0.1, 0.15) is 19.2 Å². The van der Waals surface area contributed by atoms with Crippen LogP contribution in [0, 0.1) is 5.92 Å². The van der Waals surface area contributed by atoms with Gasteiger partial charge in [0.05, 0.1) is 0 Å². The zero-order valence-electron chi connectivity index (χ0n) is 10.3. The third-order valence-electron chi connectivity index (χ3n) is 3.67. The average molecular weight is 222 g/mol. The second kappa shape index (κ2) is 4.97. The third-order valence-corrected chi connectivity index (χ3v) is 3.67. The Morgan fingerprint density at radius 1 is 1.56 bits per heavy atom. The quantitative estimate of drug-likeness (QED) is 0.816. The Labute approximate surface area is 97.4 Å². The Morgan fingerprint density at radius 3 is 3.00 bits per heavy atom. The van der Waals surface area contributed by atoms with Crippen molar-refractivity contribution in [1.29, 1.82) is 0 Å². The highest BCUT2D eigenvalue weighted by Gasteiger charge is 2.22. The van der Waals surface area contributed by atoms with Crippen LogP contribution >= 0.6 is 0 Å². The fraction of sp³-hybridized carbons (Fsp3) is 0.750. The van der Waals surface area contributed by atoms with Gasteiger partial charge >= 0.3 is 0 Å². The van der Waals surface area contributed by atoms with Crippen LogP contribution in [0.2, 0.25) is 0 Å². The highest BCUT2D eigenvalue weighted by atomic mass is 15.2. The minimum atomic E-state index is 0.343. The lowest BCUT2D eigenvalue weighted by Gasteiger charge is -2.34. The van der Waals surface area contributed by atoms with Crippen LogP contribution in [0.4, 0.5) is 0 Å².